The van der Waals surface area contributed by atoms with Crippen LogP contribution in [0, 0.1) is 0 Å². The van der Waals surface area contributed by atoms with Crippen LogP contribution in [0.2, 0.25) is 5.02 Å². The maximum atomic E-state index is 12.1. The summed E-state index contributed by atoms with van der Waals surface area (Å²) in [5, 5.41) is 1.71. The lowest BCUT2D eigenvalue weighted by Crippen LogP contribution is -2.07. The molecular formula is C15H10ClNO3S. The Bertz CT molecular complexity index is 903. The highest BCUT2D eigenvalue weighted by atomic mass is 35.5. The summed E-state index contributed by atoms with van der Waals surface area (Å²) >= 11 is 4.11. The highest BCUT2D eigenvalue weighted by molar-refractivity contribution is 7.79. The number of benzene rings is 2. The summed E-state index contributed by atoms with van der Waals surface area (Å²) in [6, 6.07) is 13.4. The van der Waals surface area contributed by atoms with Gasteiger partial charge in [-0.25, -0.2) is 4.21 Å². The largest absolute Gasteiger partial charge is 0.321 e. The molecule has 6 heteroatoms. The summed E-state index contributed by atoms with van der Waals surface area (Å²) < 4.78 is 20.0. The Morgan fingerprint density at radius 2 is 1.76 bits per heavy atom. The minimum Gasteiger partial charge on any atom is -0.321 e. The summed E-state index contributed by atoms with van der Waals surface area (Å²) in [7, 11) is 0. The smallest absolute Gasteiger partial charge is 0.256 e. The van der Waals surface area contributed by atoms with Gasteiger partial charge >= 0.3 is 0 Å². The molecule has 1 heterocycles. The van der Waals surface area contributed by atoms with E-state index < -0.39 is 11.1 Å². The summed E-state index contributed by atoms with van der Waals surface area (Å²) in [5.74, 6) is 0. The normalized spacial score (nSPS) is 12.5. The van der Waals surface area contributed by atoms with Gasteiger partial charge in [0.1, 0.15) is 0 Å². The van der Waals surface area contributed by atoms with Crippen LogP contribution in [0.25, 0.3) is 22.0 Å². The van der Waals surface area contributed by atoms with E-state index in [1.807, 2.05) is 0 Å². The quantitative estimate of drug-likeness (QED) is 0.711. The van der Waals surface area contributed by atoms with Crippen LogP contribution < -0.4 is 5.56 Å². The third kappa shape index (κ3) is 2.63. The molecule has 0 saturated carbocycles. The van der Waals surface area contributed by atoms with E-state index in [1.54, 1.807) is 48.5 Å². The van der Waals surface area contributed by atoms with Crippen LogP contribution in [0.3, 0.4) is 0 Å². The van der Waals surface area contributed by atoms with E-state index in [0.717, 1.165) is 5.56 Å². The molecule has 0 amide bonds. The van der Waals surface area contributed by atoms with Crippen molar-refractivity contribution in [2.45, 2.75) is 4.90 Å². The maximum absolute atomic E-state index is 12.1. The number of halogens is 1. The number of pyridine rings is 1. The zero-order valence-corrected chi connectivity index (χ0v) is 12.2. The molecule has 1 atom stereocenters. The number of fused-ring (bicyclic) bond motifs is 1. The highest BCUT2D eigenvalue weighted by Crippen LogP contribution is 2.25. The van der Waals surface area contributed by atoms with Gasteiger partial charge in [-0.1, -0.05) is 29.8 Å². The third-order valence-corrected chi connectivity index (χ3v) is 4.21. The zero-order valence-electron chi connectivity index (χ0n) is 10.7. The Morgan fingerprint density at radius 3 is 2.43 bits per heavy atom. The van der Waals surface area contributed by atoms with E-state index in [-0.39, 0.29) is 5.56 Å². The van der Waals surface area contributed by atoms with Gasteiger partial charge in [0.15, 0.2) is 11.1 Å². The molecule has 2 aromatic carbocycles. The molecule has 3 aromatic rings. The molecule has 3 rings (SSSR count). The van der Waals surface area contributed by atoms with Crippen molar-refractivity contribution < 1.29 is 8.76 Å². The molecular weight excluding hydrogens is 310 g/mol. The summed E-state index contributed by atoms with van der Waals surface area (Å²) in [5.41, 5.74) is 1.12. The van der Waals surface area contributed by atoms with Crippen molar-refractivity contribution in [1.29, 1.82) is 0 Å². The molecule has 0 fully saturated rings. The minimum absolute atomic E-state index is 0.222. The molecule has 21 heavy (non-hydrogen) atoms. The Morgan fingerprint density at radius 1 is 1.05 bits per heavy atom. The van der Waals surface area contributed by atoms with Crippen LogP contribution in [0.1, 0.15) is 0 Å². The lowest BCUT2D eigenvalue weighted by atomic mass is 10.1. The Hall–Kier alpha value is -1.95. The monoisotopic (exact) mass is 319 g/mol. The number of H-pyrrole nitrogens is 1. The van der Waals surface area contributed by atoms with Crippen LogP contribution in [0.4, 0.5) is 0 Å². The predicted molar refractivity (Wildman–Crippen MR) is 84.1 cm³/mol. The molecule has 0 bridgehead atoms. The molecule has 106 valence electrons. The molecule has 1 unspecified atom stereocenters. The van der Waals surface area contributed by atoms with Gasteiger partial charge < -0.3 is 9.54 Å². The van der Waals surface area contributed by atoms with Crippen molar-refractivity contribution in [2.75, 3.05) is 0 Å². The van der Waals surface area contributed by atoms with Crippen LogP contribution in [0.5, 0.6) is 0 Å². The molecule has 1 aromatic heterocycles. The second-order valence-corrected chi connectivity index (χ2v) is 5.86. The molecule has 4 nitrogen and oxygen atoms in total. The van der Waals surface area contributed by atoms with E-state index in [2.05, 4.69) is 4.98 Å². The number of aromatic nitrogens is 1. The van der Waals surface area contributed by atoms with E-state index in [1.165, 1.54) is 0 Å². The fourth-order valence-corrected chi connectivity index (χ4v) is 2.76. The van der Waals surface area contributed by atoms with Crippen molar-refractivity contribution in [3.8, 4) is 11.3 Å². The second kappa shape index (κ2) is 5.44. The van der Waals surface area contributed by atoms with Crippen molar-refractivity contribution in [1.82, 2.24) is 4.98 Å². The van der Waals surface area contributed by atoms with Gasteiger partial charge in [0, 0.05) is 21.5 Å². The minimum atomic E-state index is -2.02. The predicted octanol–water partition coefficient (Wildman–Crippen LogP) is 3.43. The zero-order chi connectivity index (χ0) is 15.0. The topological polar surface area (TPSA) is 70.2 Å². The van der Waals surface area contributed by atoms with Crippen molar-refractivity contribution in [2.24, 2.45) is 0 Å². The average molecular weight is 320 g/mol. The first-order valence-electron chi connectivity index (χ1n) is 6.09. The number of nitrogens with one attached hydrogen (secondary N) is 1. The maximum Gasteiger partial charge on any atom is 0.256 e. The SMILES string of the molecule is O=c1[nH]c(-c2ccc(S(=O)O)cc2)cc2c(Cl)cccc12. The molecule has 0 aliphatic heterocycles. The van der Waals surface area contributed by atoms with Gasteiger partial charge in [-0.15, -0.1) is 0 Å². The number of rotatable bonds is 2. The van der Waals surface area contributed by atoms with Crippen LogP contribution >= 0.6 is 11.6 Å². The van der Waals surface area contributed by atoms with Crippen molar-refractivity contribution in [3.63, 3.8) is 0 Å². The summed E-state index contributed by atoms with van der Waals surface area (Å²) in [6.07, 6.45) is 0. The first kappa shape index (κ1) is 14.0. The summed E-state index contributed by atoms with van der Waals surface area (Å²) in [6.45, 7) is 0. The fourth-order valence-electron chi connectivity index (χ4n) is 2.16. The van der Waals surface area contributed by atoms with E-state index in [9.17, 15) is 9.00 Å². The van der Waals surface area contributed by atoms with Crippen LogP contribution in [-0.4, -0.2) is 13.7 Å². The lowest BCUT2D eigenvalue weighted by Gasteiger charge is -2.06. The van der Waals surface area contributed by atoms with Gasteiger partial charge in [0.05, 0.1) is 4.90 Å². The van der Waals surface area contributed by atoms with Gasteiger partial charge in [-0.05, 0) is 35.9 Å². The number of aromatic amines is 1. The number of hydrogen-bond donors (Lipinski definition) is 2. The van der Waals surface area contributed by atoms with E-state index in [0.29, 0.717) is 26.4 Å². The highest BCUT2D eigenvalue weighted by Gasteiger charge is 2.07. The number of hydrogen-bond acceptors (Lipinski definition) is 2. The standard InChI is InChI=1S/C15H10ClNO3S/c16-13-3-1-2-11-12(13)8-14(17-15(11)18)9-4-6-10(7-5-9)21(19)20/h1-8H,(H,17,18)(H,19,20). The van der Waals surface area contributed by atoms with Crippen molar-refractivity contribution >= 4 is 33.5 Å². The molecule has 0 spiro atoms. The molecule has 0 aliphatic rings. The Balaban J connectivity index is 2.19. The van der Waals surface area contributed by atoms with E-state index >= 15 is 0 Å². The summed E-state index contributed by atoms with van der Waals surface area (Å²) in [4.78, 5) is 15.2. The van der Waals surface area contributed by atoms with Crippen LogP contribution in [0.15, 0.2) is 58.2 Å². The molecule has 0 saturated heterocycles. The second-order valence-electron chi connectivity index (χ2n) is 4.49. The fraction of sp³-hybridized carbons (Fsp3) is 0. The third-order valence-electron chi connectivity index (χ3n) is 3.20. The lowest BCUT2D eigenvalue weighted by molar-refractivity contribution is 0.564. The Kier molecular flexibility index (Phi) is 3.63. The average Bonchev–Trinajstić information content (AvgIpc) is 2.48. The van der Waals surface area contributed by atoms with Gasteiger partial charge in [0.25, 0.3) is 5.56 Å². The first-order chi connectivity index (χ1) is 10.1. The van der Waals surface area contributed by atoms with Gasteiger partial charge in [0.2, 0.25) is 0 Å². The van der Waals surface area contributed by atoms with E-state index in [4.69, 9.17) is 16.2 Å². The molecule has 0 aliphatic carbocycles. The van der Waals surface area contributed by atoms with Gasteiger partial charge in [-0.3, -0.25) is 4.79 Å². The van der Waals surface area contributed by atoms with Crippen molar-refractivity contribution in [3.05, 3.63) is 63.9 Å². The molecule has 2 N–H and O–H groups in total. The molecule has 0 radical (unpaired) electrons. The van der Waals surface area contributed by atoms with Crippen LogP contribution in [-0.2, 0) is 11.1 Å². The Labute approximate surface area is 127 Å². The van der Waals surface area contributed by atoms with Gasteiger partial charge in [-0.2, -0.15) is 0 Å². The first-order valence-corrected chi connectivity index (χ1v) is 7.57.